The Morgan fingerprint density at radius 1 is 0.862 bits per heavy atom. The fourth-order valence-corrected chi connectivity index (χ4v) is 2.58. The summed E-state index contributed by atoms with van der Waals surface area (Å²) >= 11 is 0. The van der Waals surface area contributed by atoms with Crippen molar-refractivity contribution in [2.24, 2.45) is 0 Å². The maximum Gasteiger partial charge on any atom is 0.573 e. The van der Waals surface area contributed by atoms with Crippen LogP contribution in [-0.2, 0) is 11.3 Å². The average Bonchev–Trinajstić information content (AvgIpc) is 2.69. The molecule has 5 nitrogen and oxygen atoms in total. The third-order valence-electron chi connectivity index (χ3n) is 3.89. The molecule has 0 bridgehead atoms. The topological polar surface area (TPSA) is 59.3 Å². The van der Waals surface area contributed by atoms with E-state index in [-0.39, 0.29) is 24.0 Å². The molecule has 0 aliphatic carbocycles. The van der Waals surface area contributed by atoms with Gasteiger partial charge in [0, 0.05) is 28.9 Å². The van der Waals surface area contributed by atoms with Gasteiger partial charge in [0.1, 0.15) is 5.75 Å². The molecule has 1 aromatic heterocycles. The van der Waals surface area contributed by atoms with Gasteiger partial charge in [0.2, 0.25) is 6.54 Å². The van der Waals surface area contributed by atoms with E-state index in [2.05, 4.69) is 10.1 Å². The van der Waals surface area contributed by atoms with Gasteiger partial charge in [-0.2, -0.15) is 4.57 Å². The highest BCUT2D eigenvalue weighted by Gasteiger charge is 2.31. The number of benzene rings is 2. The van der Waals surface area contributed by atoms with E-state index in [9.17, 15) is 22.8 Å². The first-order valence-electron chi connectivity index (χ1n) is 8.55. The molecule has 0 unspecified atom stereocenters. The van der Waals surface area contributed by atoms with Gasteiger partial charge in [0.25, 0.3) is 5.91 Å². The van der Waals surface area contributed by atoms with Gasteiger partial charge in [-0.3, -0.25) is 9.59 Å². The molecule has 148 valence electrons. The van der Waals surface area contributed by atoms with Crippen molar-refractivity contribution in [3.63, 3.8) is 0 Å². The molecular formula is C21H16F3N2O3+. The molecule has 0 aliphatic heterocycles. The molecule has 0 spiro atoms. The number of pyridine rings is 1. The molecule has 0 atom stereocenters. The number of carbonyl (C=O) groups excluding carboxylic acids is 2. The predicted octanol–water partition coefficient (Wildman–Crippen LogP) is 3.74. The number of ether oxygens (including phenoxy) is 1. The second-order valence-corrected chi connectivity index (χ2v) is 6.07. The van der Waals surface area contributed by atoms with Gasteiger partial charge in [-0.05, 0) is 24.3 Å². The van der Waals surface area contributed by atoms with Crippen LogP contribution < -0.4 is 14.6 Å². The first-order valence-corrected chi connectivity index (χ1v) is 8.55. The Hall–Kier alpha value is -3.68. The van der Waals surface area contributed by atoms with Crippen LogP contribution in [0.3, 0.4) is 0 Å². The number of carbonyl (C=O) groups is 2. The van der Waals surface area contributed by atoms with Gasteiger partial charge in [0.15, 0.2) is 18.2 Å². The zero-order chi connectivity index (χ0) is 20.9. The maximum atomic E-state index is 12.4. The standard InChI is InChI=1S/C21H15F3N2O3/c22-21(23,24)29-18-8-6-17(7-9-18)25-19(27)14-26-12-10-16(11-13-26)20(28)15-4-2-1-3-5-15/h1-13H,14H2/p+1. The third kappa shape index (κ3) is 5.90. The molecule has 8 heteroatoms. The van der Waals surface area contributed by atoms with E-state index in [4.69, 9.17) is 0 Å². The Morgan fingerprint density at radius 3 is 2.03 bits per heavy atom. The highest BCUT2D eigenvalue weighted by atomic mass is 19.4. The molecule has 1 N–H and O–H groups in total. The van der Waals surface area contributed by atoms with Crippen LogP contribution in [0.15, 0.2) is 79.1 Å². The summed E-state index contributed by atoms with van der Waals surface area (Å²) < 4.78 is 41.8. The van der Waals surface area contributed by atoms with Crippen LogP contribution in [0.2, 0.25) is 0 Å². The minimum absolute atomic E-state index is 0.0272. The van der Waals surface area contributed by atoms with Crippen molar-refractivity contribution in [2.75, 3.05) is 5.32 Å². The number of hydrogen-bond acceptors (Lipinski definition) is 3. The van der Waals surface area contributed by atoms with Gasteiger partial charge in [-0.25, -0.2) is 0 Å². The number of anilines is 1. The molecule has 0 radical (unpaired) electrons. The zero-order valence-corrected chi connectivity index (χ0v) is 15.0. The Kier molecular flexibility index (Phi) is 5.92. The normalized spacial score (nSPS) is 11.0. The minimum Gasteiger partial charge on any atom is -0.406 e. The summed E-state index contributed by atoms with van der Waals surface area (Å²) in [5.41, 5.74) is 1.40. The van der Waals surface area contributed by atoms with Crippen LogP contribution >= 0.6 is 0 Å². The highest BCUT2D eigenvalue weighted by Crippen LogP contribution is 2.23. The van der Waals surface area contributed by atoms with E-state index in [0.717, 1.165) is 12.1 Å². The number of nitrogens with one attached hydrogen (secondary N) is 1. The zero-order valence-electron chi connectivity index (χ0n) is 15.0. The van der Waals surface area contributed by atoms with Gasteiger partial charge in [-0.1, -0.05) is 30.3 Å². The number of ketones is 1. The Morgan fingerprint density at radius 2 is 1.45 bits per heavy atom. The number of nitrogens with zero attached hydrogens (tertiary/aromatic N) is 1. The molecule has 1 heterocycles. The van der Waals surface area contributed by atoms with Crippen LogP contribution in [-0.4, -0.2) is 18.1 Å². The fourth-order valence-electron chi connectivity index (χ4n) is 2.58. The lowest BCUT2D eigenvalue weighted by molar-refractivity contribution is -0.684. The van der Waals surface area contributed by atoms with Crippen LogP contribution in [0, 0.1) is 0 Å². The van der Waals surface area contributed by atoms with Crippen molar-refractivity contribution >= 4 is 17.4 Å². The third-order valence-corrected chi connectivity index (χ3v) is 3.89. The number of rotatable bonds is 6. The molecule has 2 aromatic carbocycles. The lowest BCUT2D eigenvalue weighted by atomic mass is 10.0. The minimum atomic E-state index is -4.77. The summed E-state index contributed by atoms with van der Waals surface area (Å²) in [5.74, 6) is -0.867. The van der Waals surface area contributed by atoms with E-state index in [1.165, 1.54) is 12.1 Å². The van der Waals surface area contributed by atoms with Gasteiger partial charge < -0.3 is 10.1 Å². The van der Waals surface area contributed by atoms with Gasteiger partial charge in [0.05, 0.1) is 0 Å². The van der Waals surface area contributed by atoms with Crippen molar-refractivity contribution in [3.8, 4) is 5.75 Å². The molecule has 0 aliphatic rings. The summed E-state index contributed by atoms with van der Waals surface area (Å²) in [7, 11) is 0. The lowest BCUT2D eigenvalue weighted by Gasteiger charge is -2.09. The van der Waals surface area contributed by atoms with Crippen LogP contribution in [0.25, 0.3) is 0 Å². The molecule has 0 saturated heterocycles. The second-order valence-electron chi connectivity index (χ2n) is 6.07. The molecule has 3 aromatic rings. The molecular weight excluding hydrogens is 385 g/mol. The summed E-state index contributed by atoms with van der Waals surface area (Å²) in [5, 5.41) is 2.58. The molecule has 1 amide bonds. The quantitative estimate of drug-likeness (QED) is 0.506. The average molecular weight is 401 g/mol. The number of alkyl halides is 3. The molecule has 29 heavy (non-hydrogen) atoms. The molecule has 0 fully saturated rings. The largest absolute Gasteiger partial charge is 0.573 e. The Bertz CT molecular complexity index is 986. The summed E-state index contributed by atoms with van der Waals surface area (Å²) in [4.78, 5) is 24.5. The SMILES string of the molecule is O=C(C[n+]1ccc(C(=O)c2ccccc2)cc1)Nc1ccc(OC(F)(F)F)cc1. The van der Waals surface area contributed by atoms with Crippen molar-refractivity contribution in [3.05, 3.63) is 90.3 Å². The van der Waals surface area contributed by atoms with Crippen LogP contribution in [0.1, 0.15) is 15.9 Å². The first kappa shape index (κ1) is 20.1. The number of hydrogen-bond donors (Lipinski definition) is 1. The number of amides is 1. The Labute approximate surface area is 164 Å². The smallest absolute Gasteiger partial charge is 0.406 e. The van der Waals surface area contributed by atoms with Crippen molar-refractivity contribution in [1.82, 2.24) is 0 Å². The predicted molar refractivity (Wildman–Crippen MR) is 98.3 cm³/mol. The molecule has 3 rings (SSSR count). The van der Waals surface area contributed by atoms with Crippen molar-refractivity contribution < 1.29 is 32.1 Å². The van der Waals surface area contributed by atoms with Crippen molar-refractivity contribution in [1.29, 1.82) is 0 Å². The van der Waals surface area contributed by atoms with E-state index < -0.39 is 6.36 Å². The van der Waals surface area contributed by atoms with Gasteiger partial charge >= 0.3 is 6.36 Å². The molecule has 0 saturated carbocycles. The first-order chi connectivity index (χ1) is 13.8. The van der Waals surface area contributed by atoms with Crippen molar-refractivity contribution in [2.45, 2.75) is 12.9 Å². The monoisotopic (exact) mass is 401 g/mol. The summed E-state index contributed by atoms with van der Waals surface area (Å²) in [6, 6.07) is 16.9. The maximum absolute atomic E-state index is 12.4. The van der Waals surface area contributed by atoms with Crippen LogP contribution in [0.5, 0.6) is 5.75 Å². The highest BCUT2D eigenvalue weighted by molar-refractivity contribution is 6.08. The van der Waals surface area contributed by atoms with E-state index in [1.807, 2.05) is 6.07 Å². The Balaban J connectivity index is 1.57. The van der Waals surface area contributed by atoms with E-state index in [1.54, 1.807) is 53.4 Å². The lowest BCUT2D eigenvalue weighted by Crippen LogP contribution is -2.39. The van der Waals surface area contributed by atoms with Gasteiger partial charge in [-0.15, -0.1) is 13.2 Å². The second kappa shape index (κ2) is 8.55. The summed E-state index contributed by atoms with van der Waals surface area (Å²) in [6.45, 7) is -0.0272. The van der Waals surface area contributed by atoms with Crippen LogP contribution in [0.4, 0.5) is 18.9 Å². The number of aromatic nitrogens is 1. The van der Waals surface area contributed by atoms with E-state index >= 15 is 0 Å². The number of halogens is 3. The fraction of sp³-hybridized carbons (Fsp3) is 0.0952. The van der Waals surface area contributed by atoms with E-state index in [0.29, 0.717) is 16.8 Å². The summed E-state index contributed by atoms with van der Waals surface area (Å²) in [6.07, 6.45) is -1.55.